The minimum Gasteiger partial charge on any atom is -0.385 e. The van der Waals surface area contributed by atoms with Gasteiger partial charge in [-0.25, -0.2) is 4.39 Å². The summed E-state index contributed by atoms with van der Waals surface area (Å²) in [7, 11) is 0. The molecule has 0 spiro atoms. The van der Waals surface area contributed by atoms with Crippen LogP contribution >= 0.6 is 11.6 Å². The first-order valence-electron chi connectivity index (χ1n) is 6.56. The second-order valence-electron chi connectivity index (χ2n) is 4.43. The van der Waals surface area contributed by atoms with E-state index in [2.05, 4.69) is 22.5 Å². The predicted octanol–water partition coefficient (Wildman–Crippen LogP) is 3.95. The van der Waals surface area contributed by atoms with E-state index in [1.165, 1.54) is 12.1 Å². The number of rotatable bonds is 5. The van der Waals surface area contributed by atoms with Gasteiger partial charge in [-0.05, 0) is 36.8 Å². The van der Waals surface area contributed by atoms with Crippen LogP contribution in [-0.4, -0.2) is 17.4 Å². The van der Waals surface area contributed by atoms with Crippen LogP contribution in [0.4, 0.5) is 15.8 Å². The van der Waals surface area contributed by atoms with Gasteiger partial charge in [0.05, 0.1) is 10.7 Å². The Morgan fingerprint density at radius 1 is 1.33 bits per heavy atom. The lowest BCUT2D eigenvalue weighted by Gasteiger charge is -2.08. The molecule has 110 valence electrons. The highest BCUT2D eigenvalue weighted by atomic mass is 35.5. The summed E-state index contributed by atoms with van der Waals surface area (Å²) in [6, 6.07) is 7.23. The van der Waals surface area contributed by atoms with Crippen molar-refractivity contribution in [3.63, 3.8) is 0 Å². The Bertz CT molecular complexity index is 649. The number of nitrogens with zero attached hydrogens (tertiary/aromatic N) is 1. The lowest BCUT2D eigenvalue weighted by Crippen LogP contribution is -2.14. The van der Waals surface area contributed by atoms with E-state index in [0.717, 1.165) is 24.7 Å². The van der Waals surface area contributed by atoms with Gasteiger partial charge in [0.1, 0.15) is 11.5 Å². The summed E-state index contributed by atoms with van der Waals surface area (Å²) < 4.78 is 13.0. The molecule has 0 bridgehead atoms. The van der Waals surface area contributed by atoms with Crippen molar-refractivity contribution in [3.05, 3.63) is 53.1 Å². The van der Waals surface area contributed by atoms with Gasteiger partial charge in [0.2, 0.25) is 0 Å². The summed E-state index contributed by atoms with van der Waals surface area (Å²) in [5, 5.41) is 5.93. The van der Waals surface area contributed by atoms with E-state index in [4.69, 9.17) is 11.6 Å². The number of amides is 1. The second-order valence-corrected chi connectivity index (χ2v) is 4.84. The maximum atomic E-state index is 13.0. The SMILES string of the molecule is CCCNc1ccnc(C(=O)Nc2ccc(F)cc2Cl)c1. The van der Waals surface area contributed by atoms with Crippen molar-refractivity contribution in [1.29, 1.82) is 0 Å². The van der Waals surface area contributed by atoms with Gasteiger partial charge >= 0.3 is 0 Å². The van der Waals surface area contributed by atoms with Crippen LogP contribution < -0.4 is 10.6 Å². The van der Waals surface area contributed by atoms with Crippen LogP contribution in [0.3, 0.4) is 0 Å². The average molecular weight is 308 g/mol. The molecule has 2 N–H and O–H groups in total. The summed E-state index contributed by atoms with van der Waals surface area (Å²) >= 11 is 5.87. The second kappa shape index (κ2) is 7.04. The Kier molecular flexibility index (Phi) is 5.11. The van der Waals surface area contributed by atoms with E-state index in [9.17, 15) is 9.18 Å². The molecule has 0 aliphatic carbocycles. The molecule has 4 nitrogen and oxygen atoms in total. The summed E-state index contributed by atoms with van der Waals surface area (Å²) in [5.41, 5.74) is 1.43. The molecule has 0 saturated carbocycles. The van der Waals surface area contributed by atoms with Gasteiger partial charge in [0, 0.05) is 18.4 Å². The number of carbonyl (C=O) groups is 1. The Morgan fingerprint density at radius 3 is 2.86 bits per heavy atom. The number of aromatic nitrogens is 1. The van der Waals surface area contributed by atoms with Gasteiger partial charge in [-0.2, -0.15) is 0 Å². The van der Waals surface area contributed by atoms with Crippen LogP contribution in [0, 0.1) is 5.82 Å². The maximum absolute atomic E-state index is 13.0. The van der Waals surface area contributed by atoms with Gasteiger partial charge in [0.15, 0.2) is 0 Å². The first-order chi connectivity index (χ1) is 10.1. The number of nitrogens with one attached hydrogen (secondary N) is 2. The molecule has 1 aromatic heterocycles. The first-order valence-corrected chi connectivity index (χ1v) is 6.94. The van der Waals surface area contributed by atoms with Crippen molar-refractivity contribution in [2.24, 2.45) is 0 Å². The van der Waals surface area contributed by atoms with E-state index < -0.39 is 11.7 Å². The molecule has 0 fully saturated rings. The van der Waals surface area contributed by atoms with Gasteiger partial charge < -0.3 is 10.6 Å². The Morgan fingerprint density at radius 2 is 2.14 bits per heavy atom. The third-order valence-corrected chi connectivity index (χ3v) is 3.06. The fourth-order valence-corrected chi connectivity index (χ4v) is 1.93. The number of hydrogen-bond acceptors (Lipinski definition) is 3. The Labute approximate surface area is 127 Å². The van der Waals surface area contributed by atoms with Crippen LogP contribution in [0.15, 0.2) is 36.5 Å². The zero-order valence-electron chi connectivity index (χ0n) is 11.5. The predicted molar refractivity (Wildman–Crippen MR) is 82.4 cm³/mol. The lowest BCUT2D eigenvalue weighted by molar-refractivity contribution is 0.102. The molecule has 1 amide bonds. The fourth-order valence-electron chi connectivity index (χ4n) is 1.71. The third kappa shape index (κ3) is 4.16. The van der Waals surface area contributed by atoms with Crippen molar-refractivity contribution >= 4 is 28.9 Å². The number of hydrogen-bond donors (Lipinski definition) is 2. The van der Waals surface area contributed by atoms with Crippen LogP contribution in [-0.2, 0) is 0 Å². The summed E-state index contributed by atoms with van der Waals surface area (Å²) in [6.07, 6.45) is 2.54. The molecule has 0 aliphatic rings. The number of benzene rings is 1. The lowest BCUT2D eigenvalue weighted by atomic mass is 10.2. The Hall–Kier alpha value is -2.14. The molecule has 0 unspecified atom stereocenters. The number of anilines is 2. The van der Waals surface area contributed by atoms with E-state index in [0.29, 0.717) is 5.69 Å². The minimum absolute atomic E-state index is 0.142. The highest BCUT2D eigenvalue weighted by molar-refractivity contribution is 6.33. The number of halogens is 2. The molecule has 2 aromatic rings. The molecular weight excluding hydrogens is 293 g/mol. The zero-order chi connectivity index (χ0) is 15.2. The summed E-state index contributed by atoms with van der Waals surface area (Å²) in [6.45, 7) is 2.87. The third-order valence-electron chi connectivity index (χ3n) is 2.75. The molecule has 1 aromatic carbocycles. The van der Waals surface area contributed by atoms with Gasteiger partial charge in [0.25, 0.3) is 5.91 Å². The quantitative estimate of drug-likeness (QED) is 0.879. The van der Waals surface area contributed by atoms with Crippen molar-refractivity contribution in [1.82, 2.24) is 4.98 Å². The molecule has 0 radical (unpaired) electrons. The topological polar surface area (TPSA) is 54.0 Å². The van der Waals surface area contributed by atoms with Gasteiger partial charge in [-0.15, -0.1) is 0 Å². The maximum Gasteiger partial charge on any atom is 0.274 e. The van der Waals surface area contributed by atoms with Crippen molar-refractivity contribution in [2.75, 3.05) is 17.2 Å². The van der Waals surface area contributed by atoms with Crippen LogP contribution in [0.1, 0.15) is 23.8 Å². The summed E-state index contributed by atoms with van der Waals surface area (Å²) in [4.78, 5) is 16.1. The highest BCUT2D eigenvalue weighted by Crippen LogP contribution is 2.23. The smallest absolute Gasteiger partial charge is 0.274 e. The van der Waals surface area contributed by atoms with Crippen molar-refractivity contribution in [3.8, 4) is 0 Å². The molecule has 1 heterocycles. The molecule has 2 rings (SSSR count). The normalized spacial score (nSPS) is 10.2. The number of pyridine rings is 1. The molecule has 6 heteroatoms. The fraction of sp³-hybridized carbons (Fsp3) is 0.200. The first kappa shape index (κ1) is 15.3. The van der Waals surface area contributed by atoms with E-state index in [1.54, 1.807) is 18.3 Å². The minimum atomic E-state index is -0.457. The van der Waals surface area contributed by atoms with E-state index in [-0.39, 0.29) is 10.7 Å². The van der Waals surface area contributed by atoms with Gasteiger partial charge in [-0.3, -0.25) is 9.78 Å². The van der Waals surface area contributed by atoms with E-state index in [1.807, 2.05) is 0 Å². The monoisotopic (exact) mass is 307 g/mol. The molecule has 21 heavy (non-hydrogen) atoms. The van der Waals surface area contributed by atoms with Crippen LogP contribution in [0.5, 0.6) is 0 Å². The standard InChI is InChI=1S/C15H15ClFN3O/c1-2-6-18-11-5-7-19-14(9-11)15(21)20-13-4-3-10(17)8-12(13)16/h3-5,7-9H,2,6H2,1H3,(H,18,19)(H,20,21). The van der Waals surface area contributed by atoms with E-state index >= 15 is 0 Å². The molecule has 0 saturated heterocycles. The highest BCUT2D eigenvalue weighted by Gasteiger charge is 2.11. The Balaban J connectivity index is 2.12. The zero-order valence-corrected chi connectivity index (χ0v) is 12.2. The molecular formula is C15H15ClFN3O. The van der Waals surface area contributed by atoms with Crippen molar-refractivity contribution in [2.45, 2.75) is 13.3 Å². The van der Waals surface area contributed by atoms with Crippen LogP contribution in [0.25, 0.3) is 0 Å². The van der Waals surface area contributed by atoms with Gasteiger partial charge in [-0.1, -0.05) is 18.5 Å². The van der Waals surface area contributed by atoms with Crippen molar-refractivity contribution < 1.29 is 9.18 Å². The molecule has 0 atom stereocenters. The van der Waals surface area contributed by atoms with Crippen LogP contribution in [0.2, 0.25) is 5.02 Å². The largest absolute Gasteiger partial charge is 0.385 e. The summed E-state index contributed by atoms with van der Waals surface area (Å²) in [5.74, 6) is -0.856. The number of carbonyl (C=O) groups excluding carboxylic acids is 1. The average Bonchev–Trinajstić information content (AvgIpc) is 2.48. The molecule has 0 aliphatic heterocycles.